The number of hydrogen-bond donors (Lipinski definition) is 0. The molecular formula is C22H37N5O2. The Labute approximate surface area is 175 Å². The van der Waals surface area contributed by atoms with Gasteiger partial charge in [0.25, 0.3) is 0 Å². The largest absolute Gasteiger partial charge is 0.378 e. The molecule has 0 radical (unpaired) electrons. The Bertz CT molecular complexity index is 677. The maximum atomic E-state index is 12.5. The van der Waals surface area contributed by atoms with Gasteiger partial charge in [-0.05, 0) is 0 Å². The lowest BCUT2D eigenvalue weighted by Gasteiger charge is -2.37. The van der Waals surface area contributed by atoms with E-state index in [-0.39, 0.29) is 16.7 Å². The van der Waals surface area contributed by atoms with E-state index in [1.165, 1.54) is 0 Å². The number of hydrogen-bond acceptors (Lipinski definition) is 6. The minimum atomic E-state index is -0.0948. The topological polar surface area (TPSA) is 61.8 Å². The fourth-order valence-electron chi connectivity index (χ4n) is 3.56. The van der Waals surface area contributed by atoms with Crippen molar-refractivity contribution in [1.82, 2.24) is 19.8 Å². The minimum absolute atomic E-state index is 0.0237. The number of carbonyl (C=O) groups is 1. The molecule has 2 fully saturated rings. The van der Waals surface area contributed by atoms with Crippen LogP contribution in [0.2, 0.25) is 0 Å². The number of rotatable bonds is 3. The number of piperazine rings is 1. The molecule has 0 unspecified atom stereocenters. The van der Waals surface area contributed by atoms with Crippen molar-refractivity contribution >= 4 is 11.7 Å². The average molecular weight is 404 g/mol. The summed E-state index contributed by atoms with van der Waals surface area (Å²) in [5, 5.41) is 0. The van der Waals surface area contributed by atoms with Crippen LogP contribution in [0.4, 0.5) is 5.82 Å². The molecular weight excluding hydrogens is 366 g/mol. The first-order chi connectivity index (χ1) is 13.5. The summed E-state index contributed by atoms with van der Waals surface area (Å²) in [5.41, 5.74) is 0.962. The van der Waals surface area contributed by atoms with Crippen LogP contribution in [0.1, 0.15) is 53.1 Å². The smallest absolute Gasteiger partial charge is 0.236 e. The van der Waals surface area contributed by atoms with E-state index in [1.807, 2.05) is 4.90 Å². The Morgan fingerprint density at radius 1 is 0.931 bits per heavy atom. The van der Waals surface area contributed by atoms with Crippen LogP contribution in [0.5, 0.6) is 0 Å². The Kier molecular flexibility index (Phi) is 6.48. The second kappa shape index (κ2) is 8.56. The van der Waals surface area contributed by atoms with Gasteiger partial charge in [0.05, 0.1) is 25.5 Å². The van der Waals surface area contributed by atoms with E-state index >= 15 is 0 Å². The van der Waals surface area contributed by atoms with Crippen LogP contribution in [0.15, 0.2) is 6.07 Å². The van der Waals surface area contributed by atoms with Crippen molar-refractivity contribution in [3.63, 3.8) is 0 Å². The van der Waals surface area contributed by atoms with Gasteiger partial charge in [-0.2, -0.15) is 0 Å². The highest BCUT2D eigenvalue weighted by atomic mass is 16.5. The van der Waals surface area contributed by atoms with Gasteiger partial charge in [0, 0.05) is 56.2 Å². The molecule has 3 rings (SSSR count). The van der Waals surface area contributed by atoms with Crippen LogP contribution in [0, 0.1) is 0 Å². The molecule has 1 aromatic heterocycles. The number of morpholine rings is 1. The second-order valence-corrected chi connectivity index (χ2v) is 10.2. The first kappa shape index (κ1) is 22.0. The molecule has 0 aromatic carbocycles. The number of anilines is 1. The number of ether oxygens (including phenoxy) is 1. The molecule has 2 saturated heterocycles. The van der Waals surface area contributed by atoms with Gasteiger partial charge in [-0.15, -0.1) is 0 Å². The first-order valence-corrected chi connectivity index (χ1v) is 10.8. The standard InChI is InChI=1S/C22H37N5O2/c1-21(2,3)17-15-18(24-20(23-17)22(4,5)6)26-9-7-25(8-10-26)16-19(28)27-11-13-29-14-12-27/h15H,7-14,16H2,1-6H3. The third kappa shape index (κ3) is 5.66. The fraction of sp³-hybridized carbons (Fsp3) is 0.773. The Morgan fingerprint density at radius 3 is 2.10 bits per heavy atom. The summed E-state index contributed by atoms with van der Waals surface area (Å²) < 4.78 is 5.34. The van der Waals surface area contributed by atoms with Gasteiger partial charge >= 0.3 is 0 Å². The third-order valence-electron chi connectivity index (χ3n) is 5.57. The van der Waals surface area contributed by atoms with Crippen molar-refractivity contribution in [2.24, 2.45) is 0 Å². The average Bonchev–Trinajstić information content (AvgIpc) is 2.67. The van der Waals surface area contributed by atoms with Gasteiger partial charge in [-0.25, -0.2) is 9.97 Å². The van der Waals surface area contributed by atoms with Crippen LogP contribution >= 0.6 is 0 Å². The normalized spacial score (nSPS) is 19.5. The minimum Gasteiger partial charge on any atom is -0.378 e. The van der Waals surface area contributed by atoms with Crippen molar-refractivity contribution < 1.29 is 9.53 Å². The molecule has 0 atom stereocenters. The summed E-state index contributed by atoms with van der Waals surface area (Å²) in [6, 6.07) is 2.14. The molecule has 2 aliphatic heterocycles. The zero-order valence-electron chi connectivity index (χ0n) is 19.0. The van der Waals surface area contributed by atoms with Gasteiger partial charge in [0.2, 0.25) is 5.91 Å². The van der Waals surface area contributed by atoms with Gasteiger partial charge in [-0.1, -0.05) is 41.5 Å². The van der Waals surface area contributed by atoms with Crippen molar-refractivity contribution in [2.45, 2.75) is 52.4 Å². The van der Waals surface area contributed by atoms with E-state index in [2.05, 4.69) is 57.4 Å². The van der Waals surface area contributed by atoms with Gasteiger partial charge < -0.3 is 14.5 Å². The zero-order chi connectivity index (χ0) is 21.2. The molecule has 7 nitrogen and oxygen atoms in total. The summed E-state index contributed by atoms with van der Waals surface area (Å²) in [6.07, 6.45) is 0. The highest BCUT2D eigenvalue weighted by Crippen LogP contribution is 2.28. The summed E-state index contributed by atoms with van der Waals surface area (Å²) in [7, 11) is 0. The molecule has 1 aromatic rings. The van der Waals surface area contributed by atoms with Crippen molar-refractivity contribution in [2.75, 3.05) is 63.9 Å². The molecule has 162 valence electrons. The third-order valence-corrected chi connectivity index (χ3v) is 5.57. The number of carbonyl (C=O) groups excluding carboxylic acids is 1. The molecule has 7 heteroatoms. The van der Waals surface area contributed by atoms with Gasteiger partial charge in [-0.3, -0.25) is 9.69 Å². The molecule has 2 aliphatic rings. The van der Waals surface area contributed by atoms with Crippen LogP contribution in [0.3, 0.4) is 0 Å². The lowest BCUT2D eigenvalue weighted by atomic mass is 9.90. The highest BCUT2D eigenvalue weighted by Gasteiger charge is 2.27. The van der Waals surface area contributed by atoms with E-state index in [1.54, 1.807) is 0 Å². The summed E-state index contributed by atoms with van der Waals surface area (Å²) in [4.78, 5) is 28.8. The van der Waals surface area contributed by atoms with E-state index < -0.39 is 0 Å². The zero-order valence-corrected chi connectivity index (χ0v) is 19.0. The quantitative estimate of drug-likeness (QED) is 0.770. The predicted molar refractivity (Wildman–Crippen MR) is 115 cm³/mol. The maximum Gasteiger partial charge on any atom is 0.236 e. The molecule has 0 aliphatic carbocycles. The van der Waals surface area contributed by atoms with Crippen molar-refractivity contribution in [3.05, 3.63) is 17.6 Å². The second-order valence-electron chi connectivity index (χ2n) is 10.2. The van der Waals surface area contributed by atoms with Gasteiger partial charge in [0.1, 0.15) is 11.6 Å². The Balaban J connectivity index is 1.66. The Morgan fingerprint density at radius 2 is 1.55 bits per heavy atom. The fourth-order valence-corrected chi connectivity index (χ4v) is 3.56. The van der Waals surface area contributed by atoms with Crippen LogP contribution in [-0.2, 0) is 20.4 Å². The first-order valence-electron chi connectivity index (χ1n) is 10.8. The summed E-state index contributed by atoms with van der Waals surface area (Å²) in [6.45, 7) is 19.8. The lowest BCUT2D eigenvalue weighted by molar-refractivity contribution is -0.136. The van der Waals surface area contributed by atoms with E-state index in [4.69, 9.17) is 14.7 Å². The van der Waals surface area contributed by atoms with Crippen molar-refractivity contribution in [1.29, 1.82) is 0 Å². The lowest BCUT2D eigenvalue weighted by Crippen LogP contribution is -2.51. The Hall–Kier alpha value is -1.73. The van der Waals surface area contributed by atoms with Crippen LogP contribution < -0.4 is 4.90 Å². The molecule has 29 heavy (non-hydrogen) atoms. The molecule has 1 amide bonds. The molecule has 0 spiro atoms. The van der Waals surface area contributed by atoms with Gasteiger partial charge in [0.15, 0.2) is 0 Å². The number of aromatic nitrogens is 2. The molecule has 0 N–H and O–H groups in total. The maximum absolute atomic E-state index is 12.5. The molecule has 3 heterocycles. The van der Waals surface area contributed by atoms with E-state index in [0.29, 0.717) is 32.8 Å². The number of amides is 1. The van der Waals surface area contributed by atoms with Crippen LogP contribution in [-0.4, -0.2) is 84.7 Å². The number of nitrogens with zero attached hydrogens (tertiary/aromatic N) is 5. The van der Waals surface area contributed by atoms with E-state index in [0.717, 1.165) is 43.5 Å². The monoisotopic (exact) mass is 403 g/mol. The molecule has 0 saturated carbocycles. The van der Waals surface area contributed by atoms with Crippen LogP contribution in [0.25, 0.3) is 0 Å². The summed E-state index contributed by atoms with van der Waals surface area (Å²) >= 11 is 0. The van der Waals surface area contributed by atoms with E-state index in [9.17, 15) is 4.79 Å². The SMILES string of the molecule is CC(C)(C)c1cc(N2CCN(CC(=O)N3CCOCC3)CC2)nc(C(C)(C)C)n1. The van der Waals surface area contributed by atoms with Crippen molar-refractivity contribution in [3.8, 4) is 0 Å². The summed E-state index contributed by atoms with van der Waals surface area (Å²) in [5.74, 6) is 2.12. The molecule has 0 bridgehead atoms. The highest BCUT2D eigenvalue weighted by molar-refractivity contribution is 5.78. The predicted octanol–water partition coefficient (Wildman–Crippen LogP) is 2.05.